The minimum atomic E-state index is 0.232. The van der Waals surface area contributed by atoms with Crippen LogP contribution in [-0.2, 0) is 0 Å². The first kappa shape index (κ1) is 38.8. The van der Waals surface area contributed by atoms with E-state index in [1.54, 1.807) is 0 Å². The molecule has 2 heterocycles. The fourth-order valence-electron chi connectivity index (χ4n) is 11.8. The number of fused-ring (bicyclic) bond motifs is 8. The lowest BCUT2D eigenvalue weighted by atomic mass is 9.71. The van der Waals surface area contributed by atoms with E-state index in [0.29, 0.717) is 23.7 Å². The third kappa shape index (κ3) is 6.74. The Morgan fingerprint density at radius 1 is 0.615 bits per heavy atom. The molecule has 0 spiro atoms. The van der Waals surface area contributed by atoms with Gasteiger partial charge in [-0.05, 0) is 118 Å². The fourth-order valence-corrected chi connectivity index (χ4v) is 13.3. The largest absolute Gasteiger partial charge is 0.456 e. The van der Waals surface area contributed by atoms with Crippen molar-refractivity contribution in [3.8, 4) is 11.1 Å². The van der Waals surface area contributed by atoms with Crippen LogP contribution in [0.5, 0.6) is 0 Å². The molecule has 0 N–H and O–H groups in total. The van der Waals surface area contributed by atoms with Crippen molar-refractivity contribution >= 4 is 66.8 Å². The molecule has 2 nitrogen and oxygen atoms in total. The first-order valence-corrected chi connectivity index (χ1v) is 24.7. The van der Waals surface area contributed by atoms with Crippen LogP contribution in [0.3, 0.4) is 0 Å². The average Bonchev–Trinajstić information content (AvgIpc) is 3.96. The molecule has 0 saturated heterocycles. The predicted octanol–water partition coefficient (Wildman–Crippen LogP) is 13.1. The molecule has 5 atom stereocenters. The zero-order valence-corrected chi connectivity index (χ0v) is 37.4. The SMILES string of the molecule is C1=CC2=c3ccccc3=CC(C3=CCC(N(C4=CCC(C5=CCC(c6ccc7c(c6)oc6ccccc67)C=C5)C=C4)C4=c5sc6c(-c7ccccc7)cccc6c5=CCC4)C=C3)C2CC1. The summed E-state index contributed by atoms with van der Waals surface area (Å²) in [5, 5.41) is 7.97. The van der Waals surface area contributed by atoms with E-state index < -0.39 is 0 Å². The number of benzene rings is 5. The maximum Gasteiger partial charge on any atom is 0.135 e. The second kappa shape index (κ2) is 16.1. The number of hydrogen-bond acceptors (Lipinski definition) is 3. The van der Waals surface area contributed by atoms with Crippen LogP contribution >= 0.6 is 11.3 Å². The van der Waals surface area contributed by atoms with Crippen molar-refractivity contribution in [2.24, 2.45) is 17.8 Å². The Morgan fingerprint density at radius 2 is 1.43 bits per heavy atom. The number of hydrogen-bond donors (Lipinski definition) is 0. The van der Waals surface area contributed by atoms with Crippen LogP contribution in [0.4, 0.5) is 0 Å². The molecule has 0 fully saturated rings. The molecule has 6 aliphatic carbocycles. The van der Waals surface area contributed by atoms with E-state index in [4.69, 9.17) is 4.42 Å². The van der Waals surface area contributed by atoms with Crippen molar-refractivity contribution in [1.82, 2.24) is 4.90 Å². The number of rotatable bonds is 7. The van der Waals surface area contributed by atoms with Gasteiger partial charge in [0.25, 0.3) is 0 Å². The Bertz CT molecular complexity index is 3560. The van der Waals surface area contributed by atoms with Crippen molar-refractivity contribution in [1.29, 1.82) is 0 Å². The summed E-state index contributed by atoms with van der Waals surface area (Å²) < 4.78 is 9.09. The van der Waals surface area contributed by atoms with Gasteiger partial charge in [0.05, 0.1) is 10.6 Å². The summed E-state index contributed by atoms with van der Waals surface area (Å²) in [5.74, 6) is 1.64. The van der Waals surface area contributed by atoms with Gasteiger partial charge in [-0.3, -0.25) is 0 Å². The molecular weight excluding hydrogens is 807 g/mol. The molecule has 6 aliphatic rings. The van der Waals surface area contributed by atoms with Crippen LogP contribution in [0.2, 0.25) is 0 Å². The van der Waals surface area contributed by atoms with Gasteiger partial charge in [-0.15, -0.1) is 11.3 Å². The van der Waals surface area contributed by atoms with Gasteiger partial charge in [0.15, 0.2) is 0 Å². The van der Waals surface area contributed by atoms with Crippen LogP contribution in [0, 0.1) is 17.8 Å². The van der Waals surface area contributed by atoms with E-state index in [-0.39, 0.29) is 6.04 Å². The number of para-hydroxylation sites is 1. The summed E-state index contributed by atoms with van der Waals surface area (Å²) in [6.07, 6.45) is 39.7. The van der Waals surface area contributed by atoms with Crippen LogP contribution < -0.4 is 20.2 Å². The minimum Gasteiger partial charge on any atom is -0.456 e. The lowest BCUT2D eigenvalue weighted by molar-refractivity contribution is 0.401. The van der Waals surface area contributed by atoms with Crippen molar-refractivity contribution in [2.45, 2.75) is 56.9 Å². The van der Waals surface area contributed by atoms with Crippen LogP contribution in [0.25, 0.3) is 66.6 Å². The molecule has 13 rings (SSSR count). The van der Waals surface area contributed by atoms with Gasteiger partial charge in [-0.1, -0.05) is 176 Å². The lowest BCUT2D eigenvalue weighted by Crippen LogP contribution is -2.40. The summed E-state index contributed by atoms with van der Waals surface area (Å²) in [4.78, 5) is 2.75. The monoisotopic (exact) mass is 857 g/mol. The highest BCUT2D eigenvalue weighted by molar-refractivity contribution is 7.17. The Kier molecular flexibility index (Phi) is 9.59. The molecule has 7 aromatic rings. The molecule has 65 heavy (non-hydrogen) atoms. The topological polar surface area (TPSA) is 16.4 Å². The third-order valence-corrected chi connectivity index (χ3v) is 16.4. The van der Waals surface area contributed by atoms with Crippen molar-refractivity contribution in [3.63, 3.8) is 0 Å². The van der Waals surface area contributed by atoms with E-state index >= 15 is 0 Å². The van der Waals surface area contributed by atoms with E-state index in [2.05, 4.69) is 193 Å². The number of furan rings is 1. The van der Waals surface area contributed by atoms with E-state index in [0.717, 1.165) is 49.7 Å². The lowest BCUT2D eigenvalue weighted by Gasteiger charge is -2.39. The minimum absolute atomic E-state index is 0.232. The molecule has 3 heteroatoms. The van der Waals surface area contributed by atoms with Gasteiger partial charge in [0.1, 0.15) is 11.2 Å². The highest BCUT2D eigenvalue weighted by Crippen LogP contribution is 2.42. The molecule has 0 saturated carbocycles. The van der Waals surface area contributed by atoms with E-state index in [1.807, 2.05) is 17.4 Å². The Hall–Kier alpha value is -6.68. The first-order valence-electron chi connectivity index (χ1n) is 23.8. The van der Waals surface area contributed by atoms with E-state index in [9.17, 15) is 0 Å². The molecule has 5 unspecified atom stereocenters. The van der Waals surface area contributed by atoms with Gasteiger partial charge in [0, 0.05) is 50.0 Å². The highest BCUT2D eigenvalue weighted by Gasteiger charge is 2.32. The van der Waals surface area contributed by atoms with Gasteiger partial charge in [-0.25, -0.2) is 0 Å². The Labute approximate surface area is 384 Å². The normalized spacial score (nSPS) is 23.3. The molecule has 2 aromatic heterocycles. The number of nitrogens with zero attached hydrogens (tertiary/aromatic N) is 1. The van der Waals surface area contributed by atoms with Crippen LogP contribution in [0.1, 0.15) is 56.4 Å². The van der Waals surface area contributed by atoms with Crippen LogP contribution in [0.15, 0.2) is 203 Å². The highest BCUT2D eigenvalue weighted by atomic mass is 32.1. The average molecular weight is 858 g/mol. The molecule has 0 amide bonds. The zero-order valence-electron chi connectivity index (χ0n) is 36.6. The molecule has 5 aromatic carbocycles. The third-order valence-electron chi connectivity index (χ3n) is 15.1. The molecule has 0 radical (unpaired) electrons. The smallest absolute Gasteiger partial charge is 0.135 e. The van der Waals surface area contributed by atoms with Gasteiger partial charge in [0.2, 0.25) is 0 Å². The van der Waals surface area contributed by atoms with Crippen molar-refractivity contribution in [2.75, 3.05) is 0 Å². The van der Waals surface area contributed by atoms with Gasteiger partial charge >= 0.3 is 0 Å². The van der Waals surface area contributed by atoms with Gasteiger partial charge in [-0.2, -0.15) is 0 Å². The summed E-state index contributed by atoms with van der Waals surface area (Å²) in [7, 11) is 0. The van der Waals surface area contributed by atoms with Crippen molar-refractivity contribution < 1.29 is 4.42 Å². The predicted molar refractivity (Wildman–Crippen MR) is 274 cm³/mol. The Balaban J connectivity index is 0.829. The van der Waals surface area contributed by atoms with E-state index in [1.165, 1.54) is 92.3 Å². The summed E-state index contributed by atoms with van der Waals surface area (Å²) in [6, 6.07) is 42.2. The molecule has 316 valence electrons. The molecule has 0 aliphatic heterocycles. The quantitative estimate of drug-likeness (QED) is 0.159. The maximum absolute atomic E-state index is 6.27. The maximum atomic E-state index is 6.27. The fraction of sp³-hybridized carbons (Fsp3) is 0.194. The number of thiophene rings is 1. The standard InChI is InChI=1S/C62H51NOS/c1-2-12-43(13-3-1)50-19-10-20-55-56-21-11-22-58(62(56)65-61(50)55)63(48-35-30-44(31-36-48)57-38-46-14-4-5-15-49(46)51-16-6-7-17-52(51)57)47-33-28-41(29-34-47)40-24-26-42(27-25-40)45-32-37-54-53-18-8-9-23-59(53)64-60(54)39-45/h1-6,8-10,12-16,18-21,23-26,28,30-35,37-39,41-42,48,52,57H,7,11,17,22,27,29,36H2. The summed E-state index contributed by atoms with van der Waals surface area (Å²) in [6.45, 7) is 0. The molecule has 0 bridgehead atoms. The summed E-state index contributed by atoms with van der Waals surface area (Å²) in [5.41, 5.74) is 13.1. The molecular formula is C62H51NOS. The Morgan fingerprint density at radius 3 is 2.31 bits per heavy atom. The van der Waals surface area contributed by atoms with Crippen molar-refractivity contribution in [3.05, 3.63) is 225 Å². The van der Waals surface area contributed by atoms with Crippen LogP contribution in [-0.4, -0.2) is 10.9 Å². The second-order valence-corrected chi connectivity index (χ2v) is 19.8. The zero-order chi connectivity index (χ0) is 42.8. The first-order chi connectivity index (χ1) is 32.2. The van der Waals surface area contributed by atoms with Gasteiger partial charge < -0.3 is 9.32 Å². The summed E-state index contributed by atoms with van der Waals surface area (Å²) >= 11 is 2.00. The second-order valence-electron chi connectivity index (χ2n) is 18.7. The number of allylic oxidation sites excluding steroid dienone is 11.